The lowest BCUT2D eigenvalue weighted by atomic mass is 9.89. The topological polar surface area (TPSA) is 67.6 Å². The first-order valence-electron chi connectivity index (χ1n) is 7.39. The highest BCUT2D eigenvalue weighted by Gasteiger charge is 2.39. The SMILES string of the molecule is COCCNCc1ccccc1N1CCC(C)(C(N)=O)C1. The minimum atomic E-state index is -0.420. The highest BCUT2D eigenvalue weighted by molar-refractivity contribution is 5.82. The quantitative estimate of drug-likeness (QED) is 0.739. The number of rotatable bonds is 7. The number of nitrogens with zero attached hydrogens (tertiary/aromatic N) is 1. The van der Waals surface area contributed by atoms with Gasteiger partial charge in [-0.15, -0.1) is 0 Å². The summed E-state index contributed by atoms with van der Waals surface area (Å²) in [5.74, 6) is -0.208. The number of nitrogens with one attached hydrogen (secondary N) is 1. The summed E-state index contributed by atoms with van der Waals surface area (Å²) < 4.78 is 5.04. The van der Waals surface area contributed by atoms with Gasteiger partial charge in [-0.3, -0.25) is 4.79 Å². The van der Waals surface area contributed by atoms with Crippen molar-refractivity contribution in [3.63, 3.8) is 0 Å². The average Bonchev–Trinajstić information content (AvgIpc) is 2.88. The molecule has 1 atom stereocenters. The smallest absolute Gasteiger partial charge is 0.225 e. The van der Waals surface area contributed by atoms with Gasteiger partial charge in [0.25, 0.3) is 0 Å². The van der Waals surface area contributed by atoms with Crippen LogP contribution in [-0.2, 0) is 16.1 Å². The third-order valence-corrected chi connectivity index (χ3v) is 4.20. The van der Waals surface area contributed by atoms with Crippen LogP contribution in [0.5, 0.6) is 0 Å². The molecule has 1 amide bonds. The van der Waals surface area contributed by atoms with Crippen molar-refractivity contribution in [3.05, 3.63) is 29.8 Å². The molecule has 0 aromatic heterocycles. The normalized spacial score (nSPS) is 21.7. The lowest BCUT2D eigenvalue weighted by Gasteiger charge is -2.24. The fraction of sp³-hybridized carbons (Fsp3) is 0.562. The molecule has 0 radical (unpaired) electrons. The van der Waals surface area contributed by atoms with Crippen molar-refractivity contribution < 1.29 is 9.53 Å². The van der Waals surface area contributed by atoms with E-state index in [2.05, 4.69) is 22.3 Å². The van der Waals surface area contributed by atoms with Crippen LogP contribution < -0.4 is 16.0 Å². The molecule has 1 heterocycles. The summed E-state index contributed by atoms with van der Waals surface area (Å²) in [5.41, 5.74) is 7.54. The molecule has 1 fully saturated rings. The maximum absolute atomic E-state index is 11.6. The molecule has 1 aromatic rings. The van der Waals surface area contributed by atoms with E-state index in [-0.39, 0.29) is 5.91 Å². The molecule has 0 aliphatic carbocycles. The number of hydrogen-bond donors (Lipinski definition) is 2. The minimum absolute atomic E-state index is 0.208. The van der Waals surface area contributed by atoms with Gasteiger partial charge in [-0.25, -0.2) is 0 Å². The predicted octanol–water partition coefficient (Wildman–Crippen LogP) is 1.12. The van der Waals surface area contributed by atoms with Crippen LogP contribution in [-0.4, -0.2) is 39.3 Å². The van der Waals surface area contributed by atoms with Crippen LogP contribution in [0.1, 0.15) is 18.9 Å². The van der Waals surface area contributed by atoms with Crippen molar-refractivity contribution in [2.75, 3.05) is 38.3 Å². The summed E-state index contributed by atoms with van der Waals surface area (Å²) >= 11 is 0. The van der Waals surface area contributed by atoms with E-state index in [1.54, 1.807) is 7.11 Å². The van der Waals surface area contributed by atoms with Crippen LogP contribution in [0.2, 0.25) is 0 Å². The van der Waals surface area contributed by atoms with E-state index in [1.165, 1.54) is 11.3 Å². The number of ether oxygens (including phenoxy) is 1. The Hall–Kier alpha value is -1.59. The Balaban J connectivity index is 2.05. The molecule has 1 aliphatic rings. The van der Waals surface area contributed by atoms with Crippen molar-refractivity contribution in [2.24, 2.45) is 11.1 Å². The molecule has 1 saturated heterocycles. The molecular weight excluding hydrogens is 266 g/mol. The Bertz CT molecular complexity index is 492. The van der Waals surface area contributed by atoms with Crippen LogP contribution >= 0.6 is 0 Å². The Morgan fingerprint density at radius 2 is 2.24 bits per heavy atom. The summed E-state index contributed by atoms with van der Waals surface area (Å²) in [4.78, 5) is 13.9. The molecule has 1 aromatic carbocycles. The Labute approximate surface area is 126 Å². The molecule has 0 spiro atoms. The van der Waals surface area contributed by atoms with Crippen molar-refractivity contribution >= 4 is 11.6 Å². The summed E-state index contributed by atoms with van der Waals surface area (Å²) in [5, 5.41) is 3.37. The second-order valence-electron chi connectivity index (χ2n) is 5.89. The monoisotopic (exact) mass is 291 g/mol. The number of anilines is 1. The highest BCUT2D eigenvalue weighted by Crippen LogP contribution is 2.34. The number of methoxy groups -OCH3 is 1. The van der Waals surface area contributed by atoms with Gasteiger partial charge in [-0.05, 0) is 25.0 Å². The molecule has 5 heteroatoms. The maximum atomic E-state index is 11.6. The first-order valence-corrected chi connectivity index (χ1v) is 7.39. The maximum Gasteiger partial charge on any atom is 0.225 e. The molecule has 21 heavy (non-hydrogen) atoms. The molecule has 0 saturated carbocycles. The van der Waals surface area contributed by atoms with E-state index in [4.69, 9.17) is 10.5 Å². The predicted molar refractivity (Wildman–Crippen MR) is 84.2 cm³/mol. The highest BCUT2D eigenvalue weighted by atomic mass is 16.5. The van der Waals surface area contributed by atoms with Gasteiger partial charge in [-0.2, -0.15) is 0 Å². The van der Waals surface area contributed by atoms with Crippen LogP contribution in [0, 0.1) is 5.41 Å². The van der Waals surface area contributed by atoms with Crippen molar-refractivity contribution in [1.29, 1.82) is 0 Å². The number of amides is 1. The van der Waals surface area contributed by atoms with Gasteiger partial charge >= 0.3 is 0 Å². The van der Waals surface area contributed by atoms with Crippen molar-refractivity contribution in [3.8, 4) is 0 Å². The van der Waals surface area contributed by atoms with E-state index in [1.807, 2.05) is 19.1 Å². The van der Waals surface area contributed by atoms with Crippen LogP contribution in [0.4, 0.5) is 5.69 Å². The molecule has 116 valence electrons. The zero-order chi connectivity index (χ0) is 15.3. The van der Waals surface area contributed by atoms with Gasteiger partial charge in [0, 0.05) is 39.0 Å². The number of carbonyl (C=O) groups excluding carboxylic acids is 1. The molecule has 1 unspecified atom stereocenters. The van der Waals surface area contributed by atoms with Gasteiger partial charge in [-0.1, -0.05) is 18.2 Å². The van der Waals surface area contributed by atoms with E-state index < -0.39 is 5.41 Å². The second kappa shape index (κ2) is 6.91. The third kappa shape index (κ3) is 3.74. The van der Waals surface area contributed by atoms with E-state index >= 15 is 0 Å². The zero-order valence-electron chi connectivity index (χ0n) is 12.9. The number of hydrogen-bond acceptors (Lipinski definition) is 4. The number of primary amides is 1. The summed E-state index contributed by atoms with van der Waals surface area (Å²) in [6, 6.07) is 8.31. The number of benzene rings is 1. The van der Waals surface area contributed by atoms with Gasteiger partial charge in [0.05, 0.1) is 12.0 Å². The zero-order valence-corrected chi connectivity index (χ0v) is 12.9. The third-order valence-electron chi connectivity index (χ3n) is 4.20. The largest absolute Gasteiger partial charge is 0.383 e. The number of para-hydroxylation sites is 1. The van der Waals surface area contributed by atoms with Gasteiger partial charge in [0.2, 0.25) is 5.91 Å². The first-order chi connectivity index (χ1) is 10.1. The van der Waals surface area contributed by atoms with Crippen molar-refractivity contribution in [2.45, 2.75) is 19.9 Å². The Morgan fingerprint density at radius 1 is 1.48 bits per heavy atom. The molecular formula is C16H25N3O2. The molecule has 3 N–H and O–H groups in total. The van der Waals surface area contributed by atoms with Crippen LogP contribution in [0.15, 0.2) is 24.3 Å². The average molecular weight is 291 g/mol. The number of carbonyl (C=O) groups is 1. The first kappa shape index (κ1) is 15.8. The fourth-order valence-electron chi connectivity index (χ4n) is 2.73. The summed E-state index contributed by atoms with van der Waals surface area (Å²) in [6.45, 7) is 5.83. The van der Waals surface area contributed by atoms with E-state index in [9.17, 15) is 4.79 Å². The number of nitrogens with two attached hydrogens (primary N) is 1. The summed E-state index contributed by atoms with van der Waals surface area (Å²) in [7, 11) is 1.70. The molecule has 0 bridgehead atoms. The lowest BCUT2D eigenvalue weighted by Crippen LogP contribution is -2.37. The minimum Gasteiger partial charge on any atom is -0.383 e. The Morgan fingerprint density at radius 3 is 2.90 bits per heavy atom. The van der Waals surface area contributed by atoms with Gasteiger partial charge in [0.1, 0.15) is 0 Å². The van der Waals surface area contributed by atoms with Gasteiger partial charge < -0.3 is 20.7 Å². The molecule has 1 aliphatic heterocycles. The van der Waals surface area contributed by atoms with E-state index in [0.717, 1.165) is 26.1 Å². The van der Waals surface area contributed by atoms with Gasteiger partial charge in [0.15, 0.2) is 0 Å². The van der Waals surface area contributed by atoms with Crippen molar-refractivity contribution in [1.82, 2.24) is 5.32 Å². The summed E-state index contributed by atoms with van der Waals surface area (Å²) in [6.07, 6.45) is 0.813. The molecule has 5 nitrogen and oxygen atoms in total. The Kier molecular flexibility index (Phi) is 5.20. The second-order valence-corrected chi connectivity index (χ2v) is 5.89. The standard InChI is InChI=1S/C16H25N3O2/c1-16(15(17)20)7-9-19(12-16)14-6-4-3-5-13(14)11-18-8-10-21-2/h3-6,18H,7-12H2,1-2H3,(H2,17,20). The lowest BCUT2D eigenvalue weighted by molar-refractivity contribution is -0.125. The van der Waals surface area contributed by atoms with Crippen LogP contribution in [0.3, 0.4) is 0 Å². The fourth-order valence-corrected chi connectivity index (χ4v) is 2.73. The molecule has 2 rings (SSSR count). The van der Waals surface area contributed by atoms with Crippen LogP contribution in [0.25, 0.3) is 0 Å². The van der Waals surface area contributed by atoms with E-state index in [0.29, 0.717) is 13.2 Å².